The normalized spacial score (nSPS) is 15.2. The highest BCUT2D eigenvalue weighted by molar-refractivity contribution is 7.13. The lowest BCUT2D eigenvalue weighted by Crippen LogP contribution is -2.35. The maximum absolute atomic E-state index is 12.4. The predicted molar refractivity (Wildman–Crippen MR) is 119 cm³/mol. The van der Waals surface area contributed by atoms with Gasteiger partial charge in [0.15, 0.2) is 0 Å². The van der Waals surface area contributed by atoms with Crippen LogP contribution in [0.4, 0.5) is 0 Å². The molecule has 4 rings (SSSR count). The summed E-state index contributed by atoms with van der Waals surface area (Å²) in [4.78, 5) is 30.8. The number of aliphatic hydroxyl groups is 1. The van der Waals surface area contributed by atoms with Gasteiger partial charge in [-0.2, -0.15) is 0 Å². The standard InChI is InChI=1S/C23H25N3O3S/c27-18-9-11-26(12-10-18)15-17-5-3-16(4-6-17)14-24-22(28)19-7-8-20(25-23(19)29)21-2-1-13-30-21/h1-8,13,18,27H,9-12,14-15H2,(H,24,28)(H,25,29). The summed E-state index contributed by atoms with van der Waals surface area (Å²) in [7, 11) is 0. The van der Waals surface area contributed by atoms with Gasteiger partial charge in [0.05, 0.1) is 16.7 Å². The Bertz CT molecular complexity index is 1040. The van der Waals surface area contributed by atoms with Crippen molar-refractivity contribution in [2.75, 3.05) is 13.1 Å². The Labute approximate surface area is 179 Å². The largest absolute Gasteiger partial charge is 0.393 e. The molecule has 1 saturated heterocycles. The molecule has 1 aromatic carbocycles. The number of benzene rings is 1. The number of thiophene rings is 1. The van der Waals surface area contributed by atoms with E-state index in [4.69, 9.17) is 0 Å². The lowest BCUT2D eigenvalue weighted by atomic mass is 10.1. The molecule has 3 N–H and O–H groups in total. The van der Waals surface area contributed by atoms with Gasteiger partial charge < -0.3 is 15.4 Å². The number of hydrogen-bond donors (Lipinski definition) is 3. The molecule has 0 saturated carbocycles. The average Bonchev–Trinajstić information content (AvgIpc) is 3.29. The number of aromatic amines is 1. The number of carbonyl (C=O) groups is 1. The van der Waals surface area contributed by atoms with E-state index in [2.05, 4.69) is 27.3 Å². The van der Waals surface area contributed by atoms with Crippen molar-refractivity contribution in [3.63, 3.8) is 0 Å². The van der Waals surface area contributed by atoms with E-state index in [0.29, 0.717) is 12.2 Å². The van der Waals surface area contributed by atoms with Crippen LogP contribution in [0.1, 0.15) is 34.3 Å². The second-order valence-corrected chi connectivity index (χ2v) is 8.55. The summed E-state index contributed by atoms with van der Waals surface area (Å²) in [5.41, 5.74) is 2.62. The number of hydrogen-bond acceptors (Lipinski definition) is 5. The van der Waals surface area contributed by atoms with Crippen LogP contribution in [0.5, 0.6) is 0 Å². The molecule has 1 amide bonds. The molecular formula is C23H25N3O3S. The van der Waals surface area contributed by atoms with Crippen molar-refractivity contribution in [3.05, 3.63) is 81.0 Å². The molecule has 1 aliphatic rings. The van der Waals surface area contributed by atoms with Crippen LogP contribution in [0.15, 0.2) is 58.7 Å². The molecule has 0 aliphatic carbocycles. The third-order valence-electron chi connectivity index (χ3n) is 5.38. The Kier molecular flexibility index (Phi) is 6.42. The molecule has 2 aromatic heterocycles. The number of rotatable bonds is 6. The first-order chi connectivity index (χ1) is 14.6. The van der Waals surface area contributed by atoms with Crippen LogP contribution in [0.3, 0.4) is 0 Å². The monoisotopic (exact) mass is 423 g/mol. The molecule has 1 aliphatic heterocycles. The first kappa shape index (κ1) is 20.5. The van der Waals surface area contributed by atoms with E-state index in [9.17, 15) is 14.7 Å². The van der Waals surface area contributed by atoms with E-state index in [0.717, 1.165) is 42.9 Å². The SMILES string of the molecule is O=C(NCc1ccc(CN2CCC(O)CC2)cc1)c1ccc(-c2cccs2)[nH]c1=O. The van der Waals surface area contributed by atoms with Crippen LogP contribution in [-0.2, 0) is 13.1 Å². The molecule has 0 radical (unpaired) electrons. The number of carbonyl (C=O) groups excluding carboxylic acids is 1. The number of aromatic nitrogens is 1. The minimum atomic E-state index is -0.389. The van der Waals surface area contributed by atoms with Crippen LogP contribution in [0.2, 0.25) is 0 Å². The molecule has 0 bridgehead atoms. The fourth-order valence-electron chi connectivity index (χ4n) is 3.60. The summed E-state index contributed by atoms with van der Waals surface area (Å²) in [5.74, 6) is -0.384. The topological polar surface area (TPSA) is 85.4 Å². The van der Waals surface area contributed by atoms with Crippen molar-refractivity contribution in [1.82, 2.24) is 15.2 Å². The van der Waals surface area contributed by atoms with E-state index < -0.39 is 0 Å². The van der Waals surface area contributed by atoms with Crippen LogP contribution in [0, 0.1) is 0 Å². The number of pyridine rings is 1. The minimum absolute atomic E-state index is 0.110. The van der Waals surface area contributed by atoms with Crippen molar-refractivity contribution in [2.24, 2.45) is 0 Å². The fraction of sp³-hybridized carbons (Fsp3) is 0.304. The van der Waals surface area contributed by atoms with Gasteiger partial charge in [-0.3, -0.25) is 14.5 Å². The van der Waals surface area contributed by atoms with E-state index in [-0.39, 0.29) is 23.1 Å². The smallest absolute Gasteiger partial charge is 0.261 e. The molecule has 30 heavy (non-hydrogen) atoms. The van der Waals surface area contributed by atoms with Crippen molar-refractivity contribution in [2.45, 2.75) is 32.0 Å². The maximum Gasteiger partial charge on any atom is 0.261 e. The van der Waals surface area contributed by atoms with Gasteiger partial charge in [-0.15, -0.1) is 11.3 Å². The van der Waals surface area contributed by atoms with Gasteiger partial charge in [0.25, 0.3) is 11.5 Å². The average molecular weight is 424 g/mol. The number of nitrogens with one attached hydrogen (secondary N) is 2. The molecule has 1 fully saturated rings. The van der Waals surface area contributed by atoms with E-state index in [1.54, 1.807) is 12.1 Å². The first-order valence-corrected chi connectivity index (χ1v) is 11.0. The van der Waals surface area contributed by atoms with Gasteiger partial charge in [-0.1, -0.05) is 30.3 Å². The zero-order valence-electron chi connectivity index (χ0n) is 16.6. The molecule has 3 heterocycles. The number of likely N-dealkylation sites (tertiary alicyclic amines) is 1. The van der Waals surface area contributed by atoms with Gasteiger partial charge in [0, 0.05) is 26.2 Å². The highest BCUT2D eigenvalue weighted by atomic mass is 32.1. The van der Waals surface area contributed by atoms with Gasteiger partial charge >= 0.3 is 0 Å². The third-order valence-corrected chi connectivity index (χ3v) is 6.28. The van der Waals surface area contributed by atoms with E-state index in [1.165, 1.54) is 16.9 Å². The summed E-state index contributed by atoms with van der Waals surface area (Å²) in [5, 5.41) is 14.4. The number of H-pyrrole nitrogens is 1. The predicted octanol–water partition coefficient (Wildman–Crippen LogP) is 2.99. The van der Waals surface area contributed by atoms with Crippen molar-refractivity contribution >= 4 is 17.2 Å². The van der Waals surface area contributed by atoms with Gasteiger partial charge in [-0.05, 0) is 47.5 Å². The quantitative estimate of drug-likeness (QED) is 0.569. The van der Waals surface area contributed by atoms with Crippen molar-refractivity contribution < 1.29 is 9.90 Å². The Hall–Kier alpha value is -2.74. The number of nitrogens with zero attached hydrogens (tertiary/aromatic N) is 1. The highest BCUT2D eigenvalue weighted by Gasteiger charge is 2.17. The molecule has 0 spiro atoms. The van der Waals surface area contributed by atoms with Gasteiger partial charge in [0.1, 0.15) is 5.56 Å². The fourth-order valence-corrected chi connectivity index (χ4v) is 4.31. The zero-order chi connectivity index (χ0) is 20.9. The van der Waals surface area contributed by atoms with Crippen molar-refractivity contribution in [3.8, 4) is 10.6 Å². The third kappa shape index (κ3) is 5.05. The van der Waals surface area contributed by atoms with Crippen LogP contribution < -0.4 is 10.9 Å². The summed E-state index contributed by atoms with van der Waals surface area (Å²) >= 11 is 1.53. The molecule has 6 nitrogen and oxygen atoms in total. The molecule has 7 heteroatoms. The molecule has 0 atom stereocenters. The number of aliphatic hydroxyl groups excluding tert-OH is 1. The molecule has 156 valence electrons. The molecule has 0 unspecified atom stereocenters. The summed E-state index contributed by atoms with van der Waals surface area (Å²) in [6, 6.07) is 15.3. The lowest BCUT2D eigenvalue weighted by molar-refractivity contribution is 0.0792. The Morgan fingerprint density at radius 3 is 2.50 bits per heavy atom. The van der Waals surface area contributed by atoms with Crippen LogP contribution in [0.25, 0.3) is 10.6 Å². The first-order valence-electron chi connectivity index (χ1n) is 10.1. The van der Waals surface area contributed by atoms with E-state index >= 15 is 0 Å². The lowest BCUT2D eigenvalue weighted by Gasteiger charge is -2.29. The molecule has 3 aromatic rings. The minimum Gasteiger partial charge on any atom is -0.393 e. The van der Waals surface area contributed by atoms with Gasteiger partial charge in [0.2, 0.25) is 0 Å². The second-order valence-electron chi connectivity index (χ2n) is 7.60. The Balaban J connectivity index is 1.32. The van der Waals surface area contributed by atoms with Crippen LogP contribution >= 0.6 is 11.3 Å². The summed E-state index contributed by atoms with van der Waals surface area (Å²) < 4.78 is 0. The van der Waals surface area contributed by atoms with Gasteiger partial charge in [-0.25, -0.2) is 0 Å². The second kappa shape index (κ2) is 9.38. The number of piperidine rings is 1. The Morgan fingerprint density at radius 2 is 1.83 bits per heavy atom. The highest BCUT2D eigenvalue weighted by Crippen LogP contribution is 2.21. The summed E-state index contributed by atoms with van der Waals surface area (Å²) in [6.45, 7) is 3.06. The molecular weight excluding hydrogens is 398 g/mol. The van der Waals surface area contributed by atoms with Crippen molar-refractivity contribution in [1.29, 1.82) is 0 Å². The zero-order valence-corrected chi connectivity index (χ0v) is 17.5. The summed E-state index contributed by atoms with van der Waals surface area (Å²) in [6.07, 6.45) is 1.50. The number of amides is 1. The van der Waals surface area contributed by atoms with E-state index in [1.807, 2.05) is 29.6 Å². The maximum atomic E-state index is 12.4. The van der Waals surface area contributed by atoms with Crippen LogP contribution in [-0.4, -0.2) is 40.1 Å². The Morgan fingerprint density at radius 1 is 1.10 bits per heavy atom.